The number of nitrogens with one attached hydrogen (secondary N) is 1. The smallest absolute Gasteiger partial charge is 0.341 e. The molecule has 1 aliphatic carbocycles. The van der Waals surface area contributed by atoms with E-state index in [1.54, 1.807) is 11.3 Å². The summed E-state index contributed by atoms with van der Waals surface area (Å²) >= 11 is 7.43. The predicted molar refractivity (Wildman–Crippen MR) is 128 cm³/mol. The van der Waals surface area contributed by atoms with Gasteiger partial charge in [-0.3, -0.25) is 0 Å². The number of nitrogens with zero attached hydrogens (tertiary/aromatic N) is 1. The van der Waals surface area contributed by atoms with Crippen LogP contribution in [-0.2, 0) is 24.0 Å². The molecule has 1 N–H and O–H groups in total. The van der Waals surface area contributed by atoms with Crippen LogP contribution >= 0.6 is 23.6 Å². The van der Waals surface area contributed by atoms with Crippen molar-refractivity contribution < 1.29 is 9.53 Å². The minimum atomic E-state index is -0.219. The number of aryl methyl sites for hydroxylation is 1. The molecule has 0 saturated carbocycles. The number of likely N-dealkylation sites (tertiary alicyclic amines) is 1. The second kappa shape index (κ2) is 9.92. The zero-order valence-electron chi connectivity index (χ0n) is 17.6. The van der Waals surface area contributed by atoms with Gasteiger partial charge >= 0.3 is 5.97 Å². The standard InChI is InChI=1S/C24H30N2O2S2/c1-2-28-23(27)21-19-10-6-7-11-20(19)30-22(21)25-24(29)26-14-12-18(13-15-26)16-17-8-4-3-5-9-17/h3-5,8-9,18H,2,6-7,10-16H2,1H3,(H,25,29). The first-order chi connectivity index (χ1) is 14.7. The number of fused-ring (bicyclic) bond motifs is 1. The van der Waals surface area contributed by atoms with Crippen LogP contribution in [0.2, 0.25) is 0 Å². The van der Waals surface area contributed by atoms with Gasteiger partial charge in [-0.05, 0) is 81.1 Å². The fraction of sp³-hybridized carbons (Fsp3) is 0.500. The van der Waals surface area contributed by atoms with Crippen molar-refractivity contribution in [3.05, 3.63) is 51.9 Å². The van der Waals surface area contributed by atoms with Crippen molar-refractivity contribution in [1.82, 2.24) is 4.90 Å². The topological polar surface area (TPSA) is 41.6 Å². The summed E-state index contributed by atoms with van der Waals surface area (Å²) in [6.45, 7) is 4.17. The molecule has 0 bridgehead atoms. The summed E-state index contributed by atoms with van der Waals surface area (Å²) in [5, 5.41) is 5.02. The van der Waals surface area contributed by atoms with Gasteiger partial charge in [0.05, 0.1) is 12.2 Å². The Morgan fingerprint density at radius 2 is 1.93 bits per heavy atom. The van der Waals surface area contributed by atoms with Crippen LogP contribution < -0.4 is 5.32 Å². The van der Waals surface area contributed by atoms with Crippen LogP contribution in [-0.4, -0.2) is 35.7 Å². The van der Waals surface area contributed by atoms with Crippen molar-refractivity contribution >= 4 is 39.6 Å². The molecule has 160 valence electrons. The van der Waals surface area contributed by atoms with Gasteiger partial charge in [-0.2, -0.15) is 0 Å². The molecule has 4 nitrogen and oxygen atoms in total. The van der Waals surface area contributed by atoms with Crippen molar-refractivity contribution in [2.45, 2.75) is 51.9 Å². The molecule has 30 heavy (non-hydrogen) atoms. The Morgan fingerprint density at radius 1 is 1.20 bits per heavy atom. The number of hydrogen-bond donors (Lipinski definition) is 1. The molecule has 2 aromatic rings. The Morgan fingerprint density at radius 3 is 2.67 bits per heavy atom. The first-order valence-corrected chi connectivity index (χ1v) is 12.3. The monoisotopic (exact) mass is 442 g/mol. The van der Waals surface area contributed by atoms with Crippen LogP contribution in [0.4, 0.5) is 5.00 Å². The number of thiocarbonyl (C=S) groups is 1. The average Bonchev–Trinajstić information content (AvgIpc) is 3.13. The Hall–Kier alpha value is -1.92. The van der Waals surface area contributed by atoms with Crippen molar-refractivity contribution in [1.29, 1.82) is 0 Å². The molecule has 2 heterocycles. The van der Waals surface area contributed by atoms with E-state index in [-0.39, 0.29) is 5.97 Å². The van der Waals surface area contributed by atoms with Gasteiger partial charge in [0.2, 0.25) is 0 Å². The van der Waals surface area contributed by atoms with E-state index in [1.165, 1.54) is 22.4 Å². The van der Waals surface area contributed by atoms with E-state index in [4.69, 9.17) is 17.0 Å². The molecule has 1 fully saturated rings. The normalized spacial score (nSPS) is 16.8. The summed E-state index contributed by atoms with van der Waals surface area (Å²) < 4.78 is 5.36. The van der Waals surface area contributed by atoms with E-state index in [9.17, 15) is 4.79 Å². The minimum absolute atomic E-state index is 0.219. The number of carbonyl (C=O) groups is 1. The molecule has 2 aliphatic rings. The molecular formula is C24H30N2O2S2. The van der Waals surface area contributed by atoms with Gasteiger partial charge in [0.25, 0.3) is 0 Å². The quantitative estimate of drug-likeness (QED) is 0.492. The fourth-order valence-electron chi connectivity index (χ4n) is 4.54. The van der Waals surface area contributed by atoms with Gasteiger partial charge in [-0.25, -0.2) is 4.79 Å². The van der Waals surface area contributed by atoms with Crippen LogP contribution in [0.25, 0.3) is 0 Å². The number of hydrogen-bond acceptors (Lipinski definition) is 4. The summed E-state index contributed by atoms with van der Waals surface area (Å²) in [7, 11) is 0. The third-order valence-electron chi connectivity index (χ3n) is 6.14. The highest BCUT2D eigenvalue weighted by atomic mass is 32.1. The Balaban J connectivity index is 1.39. The third kappa shape index (κ3) is 4.86. The highest BCUT2D eigenvalue weighted by Crippen LogP contribution is 2.39. The minimum Gasteiger partial charge on any atom is -0.462 e. The number of piperidine rings is 1. The molecule has 1 saturated heterocycles. The van der Waals surface area contributed by atoms with E-state index in [1.807, 2.05) is 6.92 Å². The van der Waals surface area contributed by atoms with Crippen LogP contribution in [0.5, 0.6) is 0 Å². The summed E-state index contributed by atoms with van der Waals surface area (Å²) in [5.41, 5.74) is 3.31. The number of carbonyl (C=O) groups excluding carboxylic acids is 1. The first-order valence-electron chi connectivity index (χ1n) is 11.1. The summed E-state index contributed by atoms with van der Waals surface area (Å²) in [6.07, 6.45) is 7.75. The highest BCUT2D eigenvalue weighted by Gasteiger charge is 2.28. The molecule has 4 rings (SSSR count). The van der Waals surface area contributed by atoms with Gasteiger partial charge in [-0.1, -0.05) is 30.3 Å². The number of anilines is 1. The number of rotatable bonds is 5. The summed E-state index contributed by atoms with van der Waals surface area (Å²) in [6, 6.07) is 10.7. The molecule has 0 unspecified atom stereocenters. The van der Waals surface area contributed by atoms with Crippen LogP contribution in [0.15, 0.2) is 30.3 Å². The molecular weight excluding hydrogens is 412 g/mol. The van der Waals surface area contributed by atoms with E-state index in [0.717, 1.165) is 67.3 Å². The molecule has 0 radical (unpaired) electrons. The SMILES string of the molecule is CCOC(=O)c1c(NC(=S)N2CCC(Cc3ccccc3)CC2)sc2c1CCCC2. The number of esters is 1. The third-order valence-corrected chi connectivity index (χ3v) is 7.71. The maximum atomic E-state index is 12.7. The zero-order valence-corrected chi connectivity index (χ0v) is 19.2. The summed E-state index contributed by atoms with van der Waals surface area (Å²) in [5.74, 6) is 0.486. The highest BCUT2D eigenvalue weighted by molar-refractivity contribution is 7.80. The molecule has 1 aromatic carbocycles. The van der Waals surface area contributed by atoms with Gasteiger partial charge < -0.3 is 15.0 Å². The second-order valence-electron chi connectivity index (χ2n) is 8.19. The lowest BCUT2D eigenvalue weighted by molar-refractivity contribution is 0.0526. The van der Waals surface area contributed by atoms with E-state index in [0.29, 0.717) is 12.5 Å². The van der Waals surface area contributed by atoms with Crippen molar-refractivity contribution in [3.63, 3.8) is 0 Å². The number of benzene rings is 1. The second-order valence-corrected chi connectivity index (χ2v) is 9.68. The maximum absolute atomic E-state index is 12.7. The molecule has 1 aromatic heterocycles. The summed E-state index contributed by atoms with van der Waals surface area (Å²) in [4.78, 5) is 16.2. The Labute approximate surface area is 188 Å². The lowest BCUT2D eigenvalue weighted by Crippen LogP contribution is -2.41. The lowest BCUT2D eigenvalue weighted by atomic mass is 9.90. The van der Waals surface area contributed by atoms with Crippen LogP contribution in [0.3, 0.4) is 0 Å². The zero-order chi connectivity index (χ0) is 20.9. The van der Waals surface area contributed by atoms with E-state index >= 15 is 0 Å². The maximum Gasteiger partial charge on any atom is 0.341 e. The molecule has 0 amide bonds. The first kappa shape index (κ1) is 21.3. The molecule has 1 aliphatic heterocycles. The molecule has 6 heteroatoms. The Bertz CT molecular complexity index is 886. The van der Waals surface area contributed by atoms with Crippen molar-refractivity contribution in [2.24, 2.45) is 5.92 Å². The average molecular weight is 443 g/mol. The number of ether oxygens (including phenoxy) is 1. The molecule has 0 spiro atoms. The fourth-order valence-corrected chi connectivity index (χ4v) is 6.16. The van der Waals surface area contributed by atoms with Gasteiger partial charge in [-0.15, -0.1) is 11.3 Å². The van der Waals surface area contributed by atoms with Crippen molar-refractivity contribution in [3.8, 4) is 0 Å². The van der Waals surface area contributed by atoms with Gasteiger partial charge in [0.1, 0.15) is 5.00 Å². The Kier molecular flexibility index (Phi) is 7.05. The van der Waals surface area contributed by atoms with E-state index in [2.05, 4.69) is 40.5 Å². The van der Waals surface area contributed by atoms with E-state index < -0.39 is 0 Å². The van der Waals surface area contributed by atoms with Gasteiger partial charge in [0, 0.05) is 18.0 Å². The van der Waals surface area contributed by atoms with Crippen LogP contribution in [0.1, 0.15) is 59.0 Å². The predicted octanol–water partition coefficient (Wildman–Crippen LogP) is 5.46. The van der Waals surface area contributed by atoms with Crippen molar-refractivity contribution in [2.75, 3.05) is 25.0 Å². The van der Waals surface area contributed by atoms with Gasteiger partial charge in [0.15, 0.2) is 5.11 Å². The lowest BCUT2D eigenvalue weighted by Gasteiger charge is -2.34. The largest absolute Gasteiger partial charge is 0.462 e. The van der Waals surface area contributed by atoms with Crippen LogP contribution in [0, 0.1) is 5.92 Å². The molecule has 0 atom stereocenters. The number of thiophene rings is 1.